The number of anilines is 1. The van der Waals surface area contributed by atoms with E-state index < -0.39 is 23.4 Å². The van der Waals surface area contributed by atoms with E-state index in [9.17, 15) is 14.0 Å². The topological polar surface area (TPSA) is 86.6 Å². The van der Waals surface area contributed by atoms with E-state index >= 15 is 0 Å². The normalized spacial score (nSPS) is 9.50. The zero-order chi connectivity index (χ0) is 10.7. The van der Waals surface area contributed by atoms with Gasteiger partial charge in [-0.3, -0.25) is 5.32 Å². The van der Waals surface area contributed by atoms with Gasteiger partial charge in [0.05, 0.1) is 5.56 Å². The Balaban J connectivity index is 3.00. The standard InChI is InChI=1S/C8H6FNO4/c9-6-3-4(10-8(13)14)1-2-5(6)7(11)12/h1-3,10H,(H,11,12)(H,13,14). The fourth-order valence-corrected chi connectivity index (χ4v) is 0.890. The molecule has 0 aliphatic heterocycles. The zero-order valence-corrected chi connectivity index (χ0v) is 6.82. The molecule has 1 aromatic carbocycles. The molecule has 1 aromatic rings. The Morgan fingerprint density at radius 2 is 1.93 bits per heavy atom. The predicted molar refractivity (Wildman–Crippen MR) is 45.0 cm³/mol. The third-order valence-corrected chi connectivity index (χ3v) is 1.45. The van der Waals surface area contributed by atoms with E-state index in [1.807, 2.05) is 5.32 Å². The summed E-state index contributed by atoms with van der Waals surface area (Å²) in [5.74, 6) is -2.38. The Hall–Kier alpha value is -2.11. The summed E-state index contributed by atoms with van der Waals surface area (Å²) < 4.78 is 12.9. The molecular weight excluding hydrogens is 193 g/mol. The average Bonchev–Trinajstić information content (AvgIpc) is 2.01. The Morgan fingerprint density at radius 1 is 1.29 bits per heavy atom. The van der Waals surface area contributed by atoms with Gasteiger partial charge in [0.1, 0.15) is 5.82 Å². The lowest BCUT2D eigenvalue weighted by atomic mass is 10.2. The number of rotatable bonds is 2. The second kappa shape index (κ2) is 3.73. The van der Waals surface area contributed by atoms with Crippen LogP contribution >= 0.6 is 0 Å². The highest BCUT2D eigenvalue weighted by atomic mass is 19.1. The van der Waals surface area contributed by atoms with E-state index in [1.54, 1.807) is 0 Å². The van der Waals surface area contributed by atoms with Crippen molar-refractivity contribution < 1.29 is 24.2 Å². The molecule has 0 heterocycles. The third-order valence-electron chi connectivity index (χ3n) is 1.45. The molecule has 0 aliphatic carbocycles. The molecule has 74 valence electrons. The van der Waals surface area contributed by atoms with E-state index in [2.05, 4.69) is 0 Å². The molecule has 0 fully saturated rings. The maximum atomic E-state index is 12.9. The van der Waals surface area contributed by atoms with Crippen molar-refractivity contribution in [2.75, 3.05) is 5.32 Å². The molecular formula is C8H6FNO4. The smallest absolute Gasteiger partial charge is 0.409 e. The van der Waals surface area contributed by atoms with Crippen LogP contribution < -0.4 is 5.32 Å². The summed E-state index contributed by atoms with van der Waals surface area (Å²) in [7, 11) is 0. The van der Waals surface area contributed by atoms with Crippen LogP contribution in [0.3, 0.4) is 0 Å². The van der Waals surface area contributed by atoms with Gasteiger partial charge >= 0.3 is 12.1 Å². The van der Waals surface area contributed by atoms with Gasteiger partial charge in [-0.05, 0) is 18.2 Å². The number of benzene rings is 1. The van der Waals surface area contributed by atoms with Crippen molar-refractivity contribution in [2.45, 2.75) is 0 Å². The summed E-state index contributed by atoms with van der Waals surface area (Å²) in [4.78, 5) is 20.5. The molecule has 0 spiro atoms. The number of halogens is 1. The van der Waals surface area contributed by atoms with Crippen molar-refractivity contribution in [1.29, 1.82) is 0 Å². The second-order valence-corrected chi connectivity index (χ2v) is 2.43. The Bertz CT molecular complexity index is 391. The highest BCUT2D eigenvalue weighted by Gasteiger charge is 2.10. The summed E-state index contributed by atoms with van der Waals surface area (Å²) in [6.45, 7) is 0. The van der Waals surface area contributed by atoms with E-state index in [1.165, 1.54) is 6.07 Å². The van der Waals surface area contributed by atoms with Gasteiger partial charge in [0, 0.05) is 5.69 Å². The number of carboxylic acids is 1. The Morgan fingerprint density at radius 3 is 2.36 bits per heavy atom. The van der Waals surface area contributed by atoms with Crippen LogP contribution in [0, 0.1) is 5.82 Å². The molecule has 3 N–H and O–H groups in total. The maximum Gasteiger partial charge on any atom is 0.409 e. The Kier molecular flexibility index (Phi) is 2.66. The van der Waals surface area contributed by atoms with Crippen molar-refractivity contribution in [2.24, 2.45) is 0 Å². The van der Waals surface area contributed by atoms with E-state index in [-0.39, 0.29) is 5.69 Å². The van der Waals surface area contributed by atoms with Crippen LogP contribution in [0.1, 0.15) is 10.4 Å². The molecule has 0 radical (unpaired) electrons. The van der Waals surface area contributed by atoms with Crippen molar-refractivity contribution in [3.63, 3.8) is 0 Å². The van der Waals surface area contributed by atoms with E-state index in [0.717, 1.165) is 12.1 Å². The predicted octanol–water partition coefficient (Wildman–Crippen LogP) is 1.61. The first-order valence-electron chi connectivity index (χ1n) is 3.53. The van der Waals surface area contributed by atoms with Crippen molar-refractivity contribution >= 4 is 17.7 Å². The minimum Gasteiger partial charge on any atom is -0.478 e. The first-order valence-corrected chi connectivity index (χ1v) is 3.53. The summed E-state index contributed by atoms with van der Waals surface area (Å²) in [6.07, 6.45) is -1.34. The molecule has 14 heavy (non-hydrogen) atoms. The average molecular weight is 199 g/mol. The van der Waals surface area contributed by atoms with E-state index in [4.69, 9.17) is 10.2 Å². The highest BCUT2D eigenvalue weighted by Crippen LogP contribution is 2.14. The van der Waals surface area contributed by atoms with Gasteiger partial charge in [0.2, 0.25) is 0 Å². The van der Waals surface area contributed by atoms with Crippen LogP contribution in [0.4, 0.5) is 14.9 Å². The molecule has 0 unspecified atom stereocenters. The first-order chi connectivity index (χ1) is 6.50. The van der Waals surface area contributed by atoms with Gasteiger partial charge in [-0.15, -0.1) is 0 Å². The third kappa shape index (κ3) is 2.19. The van der Waals surface area contributed by atoms with Crippen molar-refractivity contribution in [1.82, 2.24) is 0 Å². The van der Waals surface area contributed by atoms with Gasteiger partial charge in [0.15, 0.2) is 0 Å². The van der Waals surface area contributed by atoms with Crippen LogP contribution in [0.2, 0.25) is 0 Å². The van der Waals surface area contributed by atoms with Crippen molar-refractivity contribution in [3.8, 4) is 0 Å². The number of aromatic carboxylic acids is 1. The number of carboxylic acid groups (broad SMARTS) is 2. The molecule has 0 bridgehead atoms. The van der Waals surface area contributed by atoms with Crippen LogP contribution in [0.5, 0.6) is 0 Å². The van der Waals surface area contributed by atoms with Crippen LogP contribution in [-0.2, 0) is 0 Å². The van der Waals surface area contributed by atoms with Crippen LogP contribution in [-0.4, -0.2) is 22.3 Å². The first kappa shape index (κ1) is 9.97. The number of carbonyl (C=O) groups is 2. The molecule has 0 saturated heterocycles. The number of hydrogen-bond donors (Lipinski definition) is 3. The lowest BCUT2D eigenvalue weighted by Gasteiger charge is -2.02. The molecule has 5 nitrogen and oxygen atoms in total. The molecule has 6 heteroatoms. The molecule has 1 rings (SSSR count). The highest BCUT2D eigenvalue weighted by molar-refractivity contribution is 5.89. The second-order valence-electron chi connectivity index (χ2n) is 2.43. The fraction of sp³-hybridized carbons (Fsp3) is 0. The summed E-state index contributed by atoms with van der Waals surface area (Å²) in [6, 6.07) is 2.96. The van der Waals surface area contributed by atoms with E-state index in [0.29, 0.717) is 0 Å². The summed E-state index contributed by atoms with van der Waals surface area (Å²) >= 11 is 0. The van der Waals surface area contributed by atoms with Gasteiger partial charge in [-0.1, -0.05) is 0 Å². The number of hydrogen-bond acceptors (Lipinski definition) is 2. The lowest BCUT2D eigenvalue weighted by Crippen LogP contribution is -2.08. The van der Waals surface area contributed by atoms with Crippen LogP contribution in [0.15, 0.2) is 18.2 Å². The SMILES string of the molecule is O=C(O)Nc1ccc(C(=O)O)c(F)c1. The van der Waals surface area contributed by atoms with Crippen molar-refractivity contribution in [3.05, 3.63) is 29.6 Å². The zero-order valence-electron chi connectivity index (χ0n) is 6.82. The fourth-order valence-electron chi connectivity index (χ4n) is 0.890. The quantitative estimate of drug-likeness (QED) is 0.675. The van der Waals surface area contributed by atoms with Gasteiger partial charge in [-0.2, -0.15) is 0 Å². The molecule has 0 aliphatic rings. The monoisotopic (exact) mass is 199 g/mol. The maximum absolute atomic E-state index is 12.9. The number of nitrogens with one attached hydrogen (secondary N) is 1. The van der Waals surface area contributed by atoms with Gasteiger partial charge < -0.3 is 10.2 Å². The van der Waals surface area contributed by atoms with Gasteiger partial charge in [-0.25, -0.2) is 14.0 Å². The number of amides is 1. The molecule has 0 saturated carbocycles. The minimum absolute atomic E-state index is 0.0139. The summed E-state index contributed by atoms with van der Waals surface area (Å²) in [5, 5.41) is 18.6. The minimum atomic E-state index is -1.40. The summed E-state index contributed by atoms with van der Waals surface area (Å²) in [5.41, 5.74) is -0.513. The molecule has 0 atom stereocenters. The Labute approximate surface area is 77.8 Å². The largest absolute Gasteiger partial charge is 0.478 e. The van der Waals surface area contributed by atoms with Crippen LogP contribution in [0.25, 0.3) is 0 Å². The molecule has 0 aromatic heterocycles. The van der Waals surface area contributed by atoms with Gasteiger partial charge in [0.25, 0.3) is 0 Å². The molecule has 1 amide bonds. The lowest BCUT2D eigenvalue weighted by molar-refractivity contribution is 0.0692.